The van der Waals surface area contributed by atoms with E-state index in [9.17, 15) is 14.7 Å². The number of hydrogen-bond acceptors (Lipinski definition) is 3. The lowest BCUT2D eigenvalue weighted by Gasteiger charge is -2.22. The maximum Gasteiger partial charge on any atom is 0.311 e. The standard InChI is InChI=1S/C14H19NO3S/c1-3-10-5-6-11(19-10)12(16)15-8-7-14(4-2,9-15)13(17)18/h5-6H,3-4,7-9H2,1-2H3,(H,17,18). The Labute approximate surface area is 117 Å². The molecule has 2 heterocycles. The Hall–Kier alpha value is -1.36. The minimum atomic E-state index is -0.786. The monoisotopic (exact) mass is 281 g/mol. The fraction of sp³-hybridized carbons (Fsp3) is 0.571. The van der Waals surface area contributed by atoms with Gasteiger partial charge in [0.2, 0.25) is 0 Å². The molecule has 0 aliphatic carbocycles. The van der Waals surface area contributed by atoms with E-state index in [0.717, 1.165) is 6.42 Å². The van der Waals surface area contributed by atoms with Gasteiger partial charge in [-0.05, 0) is 31.4 Å². The second-order valence-corrected chi connectivity index (χ2v) is 6.20. The van der Waals surface area contributed by atoms with Gasteiger partial charge in [-0.2, -0.15) is 0 Å². The SMILES string of the molecule is CCc1ccc(C(=O)N2CCC(CC)(C(=O)O)C2)s1. The molecule has 19 heavy (non-hydrogen) atoms. The van der Waals surface area contributed by atoms with E-state index in [2.05, 4.69) is 6.92 Å². The third-order valence-electron chi connectivity index (χ3n) is 3.99. The van der Waals surface area contributed by atoms with Crippen LogP contribution in [-0.2, 0) is 11.2 Å². The molecule has 5 heteroatoms. The number of rotatable bonds is 4. The van der Waals surface area contributed by atoms with Crippen LogP contribution in [0, 0.1) is 5.41 Å². The highest BCUT2D eigenvalue weighted by molar-refractivity contribution is 7.14. The van der Waals surface area contributed by atoms with E-state index in [1.165, 1.54) is 16.2 Å². The van der Waals surface area contributed by atoms with Crippen molar-refractivity contribution < 1.29 is 14.7 Å². The summed E-state index contributed by atoms with van der Waals surface area (Å²) in [6.45, 7) is 4.81. The lowest BCUT2D eigenvalue weighted by atomic mass is 9.84. The summed E-state index contributed by atoms with van der Waals surface area (Å²) < 4.78 is 0. The lowest BCUT2D eigenvalue weighted by molar-refractivity contribution is -0.148. The summed E-state index contributed by atoms with van der Waals surface area (Å²) in [5, 5.41) is 9.34. The third kappa shape index (κ3) is 2.52. The van der Waals surface area contributed by atoms with Crippen LogP contribution < -0.4 is 0 Å². The molecule has 1 unspecified atom stereocenters. The highest BCUT2D eigenvalue weighted by Gasteiger charge is 2.44. The zero-order valence-electron chi connectivity index (χ0n) is 11.3. The van der Waals surface area contributed by atoms with Gasteiger partial charge < -0.3 is 10.0 Å². The van der Waals surface area contributed by atoms with E-state index in [1.54, 1.807) is 4.90 Å². The molecule has 1 amide bonds. The molecule has 0 bridgehead atoms. The summed E-state index contributed by atoms with van der Waals surface area (Å²) in [5.74, 6) is -0.813. The zero-order valence-corrected chi connectivity index (χ0v) is 12.1. The van der Waals surface area contributed by atoms with Crippen LogP contribution in [-0.4, -0.2) is 35.0 Å². The van der Waals surface area contributed by atoms with E-state index in [0.29, 0.717) is 30.8 Å². The number of aryl methyl sites for hydroxylation is 1. The van der Waals surface area contributed by atoms with Gasteiger partial charge in [-0.1, -0.05) is 13.8 Å². The third-order valence-corrected chi connectivity index (χ3v) is 5.21. The summed E-state index contributed by atoms with van der Waals surface area (Å²) in [7, 11) is 0. The second-order valence-electron chi connectivity index (χ2n) is 5.04. The molecule has 1 aromatic heterocycles. The number of carboxylic acids is 1. The molecule has 1 atom stereocenters. The fourth-order valence-corrected chi connectivity index (χ4v) is 3.41. The van der Waals surface area contributed by atoms with Gasteiger partial charge in [0.05, 0.1) is 10.3 Å². The molecule has 1 aliphatic rings. The molecular formula is C14H19NO3S. The summed E-state index contributed by atoms with van der Waals surface area (Å²) in [4.78, 5) is 27.3. The number of carbonyl (C=O) groups is 2. The number of hydrogen-bond donors (Lipinski definition) is 1. The molecule has 1 fully saturated rings. The van der Waals surface area contributed by atoms with Crippen LogP contribution >= 0.6 is 11.3 Å². The number of thiophene rings is 1. The first-order valence-corrected chi connectivity index (χ1v) is 7.45. The molecule has 1 aromatic rings. The van der Waals surface area contributed by atoms with Crippen LogP contribution in [0.15, 0.2) is 12.1 Å². The molecular weight excluding hydrogens is 262 g/mol. The first kappa shape index (κ1) is 14.1. The number of aliphatic carboxylic acids is 1. The molecule has 2 rings (SSSR count). The Morgan fingerprint density at radius 1 is 1.42 bits per heavy atom. The zero-order chi connectivity index (χ0) is 14.0. The van der Waals surface area contributed by atoms with Crippen LogP contribution in [0.2, 0.25) is 0 Å². The highest BCUT2D eigenvalue weighted by Crippen LogP contribution is 2.35. The van der Waals surface area contributed by atoms with Gasteiger partial charge >= 0.3 is 5.97 Å². The summed E-state index contributed by atoms with van der Waals surface area (Å²) in [6, 6.07) is 3.82. The Kier molecular flexibility index (Phi) is 3.94. The molecule has 4 nitrogen and oxygen atoms in total. The first-order valence-electron chi connectivity index (χ1n) is 6.64. The lowest BCUT2D eigenvalue weighted by Crippen LogP contribution is -2.36. The first-order chi connectivity index (χ1) is 9.02. The molecule has 0 saturated carbocycles. The van der Waals surface area contributed by atoms with E-state index in [4.69, 9.17) is 0 Å². The normalized spacial score (nSPS) is 22.7. The summed E-state index contributed by atoms with van der Waals surface area (Å²) in [6.07, 6.45) is 2.04. The van der Waals surface area contributed by atoms with Gasteiger partial charge in [0.1, 0.15) is 0 Å². The van der Waals surface area contributed by atoms with Gasteiger partial charge in [-0.25, -0.2) is 0 Å². The van der Waals surface area contributed by atoms with Gasteiger partial charge in [0.25, 0.3) is 5.91 Å². The van der Waals surface area contributed by atoms with Crippen molar-refractivity contribution >= 4 is 23.2 Å². The average Bonchev–Trinajstić information content (AvgIpc) is 3.05. The molecule has 1 saturated heterocycles. The fourth-order valence-electron chi connectivity index (χ4n) is 2.50. The maximum atomic E-state index is 12.3. The van der Waals surface area contributed by atoms with Crippen molar-refractivity contribution in [3.8, 4) is 0 Å². The Balaban J connectivity index is 2.12. The van der Waals surface area contributed by atoms with Crippen LogP contribution in [0.4, 0.5) is 0 Å². The summed E-state index contributed by atoms with van der Waals surface area (Å²) in [5.41, 5.74) is -0.749. The van der Waals surface area contributed by atoms with E-state index < -0.39 is 11.4 Å². The molecule has 0 radical (unpaired) electrons. The molecule has 104 valence electrons. The van der Waals surface area contributed by atoms with Crippen molar-refractivity contribution in [2.45, 2.75) is 33.1 Å². The minimum absolute atomic E-state index is 0.0266. The van der Waals surface area contributed by atoms with Crippen molar-refractivity contribution in [1.29, 1.82) is 0 Å². The molecule has 0 spiro atoms. The second kappa shape index (κ2) is 5.33. The minimum Gasteiger partial charge on any atom is -0.481 e. The van der Waals surface area contributed by atoms with Crippen molar-refractivity contribution in [1.82, 2.24) is 4.90 Å². The van der Waals surface area contributed by atoms with Crippen LogP contribution in [0.3, 0.4) is 0 Å². The number of carbonyl (C=O) groups excluding carboxylic acids is 1. The smallest absolute Gasteiger partial charge is 0.311 e. The number of amides is 1. The molecule has 1 aliphatic heterocycles. The Morgan fingerprint density at radius 2 is 2.16 bits per heavy atom. The average molecular weight is 281 g/mol. The predicted octanol–water partition coefficient (Wildman–Crippen LogP) is 2.64. The Morgan fingerprint density at radius 3 is 2.63 bits per heavy atom. The van der Waals surface area contributed by atoms with Gasteiger partial charge in [-0.15, -0.1) is 11.3 Å². The molecule has 0 aromatic carbocycles. The topological polar surface area (TPSA) is 57.6 Å². The van der Waals surface area contributed by atoms with Crippen molar-refractivity contribution in [2.24, 2.45) is 5.41 Å². The Bertz CT molecular complexity index is 497. The van der Waals surface area contributed by atoms with Gasteiger partial charge in [0.15, 0.2) is 0 Å². The number of nitrogens with zero attached hydrogens (tertiary/aromatic N) is 1. The van der Waals surface area contributed by atoms with Gasteiger partial charge in [0, 0.05) is 18.0 Å². The van der Waals surface area contributed by atoms with E-state index in [-0.39, 0.29) is 5.91 Å². The van der Waals surface area contributed by atoms with Gasteiger partial charge in [-0.3, -0.25) is 9.59 Å². The van der Waals surface area contributed by atoms with Crippen molar-refractivity contribution in [3.63, 3.8) is 0 Å². The summed E-state index contributed by atoms with van der Waals surface area (Å²) >= 11 is 1.51. The van der Waals surface area contributed by atoms with Crippen molar-refractivity contribution in [2.75, 3.05) is 13.1 Å². The maximum absolute atomic E-state index is 12.3. The van der Waals surface area contributed by atoms with Crippen LogP contribution in [0.5, 0.6) is 0 Å². The highest BCUT2D eigenvalue weighted by atomic mass is 32.1. The predicted molar refractivity (Wildman–Crippen MR) is 74.6 cm³/mol. The number of carboxylic acid groups (broad SMARTS) is 1. The quantitative estimate of drug-likeness (QED) is 0.923. The number of likely N-dealkylation sites (tertiary alicyclic amines) is 1. The van der Waals surface area contributed by atoms with Crippen molar-refractivity contribution in [3.05, 3.63) is 21.9 Å². The van der Waals surface area contributed by atoms with Crippen LogP contribution in [0.1, 0.15) is 41.2 Å². The largest absolute Gasteiger partial charge is 0.481 e. The van der Waals surface area contributed by atoms with E-state index in [1.807, 2.05) is 19.1 Å². The van der Waals surface area contributed by atoms with E-state index >= 15 is 0 Å². The van der Waals surface area contributed by atoms with Crippen LogP contribution in [0.25, 0.3) is 0 Å². The molecule has 1 N–H and O–H groups in total.